The largest absolute Gasteiger partial charge is 0.461 e. The van der Waals surface area contributed by atoms with E-state index in [0.717, 1.165) is 16.8 Å². The van der Waals surface area contributed by atoms with Crippen LogP contribution < -0.4 is 0 Å². The van der Waals surface area contributed by atoms with E-state index < -0.39 is 5.60 Å². The summed E-state index contributed by atoms with van der Waals surface area (Å²) in [7, 11) is 0. The zero-order valence-electron chi connectivity index (χ0n) is 16.2. The van der Waals surface area contributed by atoms with Gasteiger partial charge in [0.15, 0.2) is 5.16 Å². The maximum absolute atomic E-state index is 11.8. The van der Waals surface area contributed by atoms with Gasteiger partial charge in [0.2, 0.25) is 0 Å². The molecule has 0 amide bonds. The minimum absolute atomic E-state index is 0.0161. The highest BCUT2D eigenvalue weighted by atomic mass is 35.5. The molecule has 0 bridgehead atoms. The number of carbonyl (C=O) groups excluding carboxylic acids is 1. The number of nitrogens with one attached hydrogen (secondary N) is 1. The smallest absolute Gasteiger partial charge is 0.309 e. The number of thioether (sulfide) groups is 1. The minimum atomic E-state index is -1.05. The average molecular weight is 463 g/mol. The summed E-state index contributed by atoms with van der Waals surface area (Å²) in [5, 5.41) is 12.1. The van der Waals surface area contributed by atoms with Gasteiger partial charge in [0.1, 0.15) is 6.10 Å². The number of imidazole rings is 1. The Hall–Kier alpha value is -1.99. The number of rotatable bonds is 5. The molecule has 2 N–H and O–H groups in total. The molecule has 0 unspecified atom stereocenters. The van der Waals surface area contributed by atoms with E-state index in [1.54, 1.807) is 6.92 Å². The first kappa shape index (κ1) is 21.2. The molecule has 1 aliphatic heterocycles. The molecule has 0 radical (unpaired) electrons. The molecule has 2 aromatic carbocycles. The predicted octanol–water partition coefficient (Wildman–Crippen LogP) is 5.60. The van der Waals surface area contributed by atoms with Crippen LogP contribution in [0, 0.1) is 0 Å². The first-order chi connectivity index (χ1) is 14.3. The monoisotopic (exact) mass is 462 g/mol. The number of ether oxygens (including phenoxy) is 1. The van der Waals surface area contributed by atoms with Gasteiger partial charge in [-0.15, -0.1) is 0 Å². The van der Waals surface area contributed by atoms with E-state index in [9.17, 15) is 9.90 Å². The molecule has 1 fully saturated rings. The Morgan fingerprint density at radius 3 is 2.43 bits per heavy atom. The van der Waals surface area contributed by atoms with Crippen molar-refractivity contribution >= 4 is 40.9 Å². The van der Waals surface area contributed by atoms with Crippen LogP contribution in [0.5, 0.6) is 0 Å². The number of aromatic amines is 1. The molecular formula is C22H20Cl2N2O3S. The molecule has 2 atom stereocenters. The van der Waals surface area contributed by atoms with E-state index in [1.165, 1.54) is 11.8 Å². The van der Waals surface area contributed by atoms with Gasteiger partial charge >= 0.3 is 5.97 Å². The van der Waals surface area contributed by atoms with Crippen molar-refractivity contribution in [2.75, 3.05) is 5.75 Å². The summed E-state index contributed by atoms with van der Waals surface area (Å²) in [5.74, 6) is 0.0871. The fourth-order valence-corrected chi connectivity index (χ4v) is 4.85. The van der Waals surface area contributed by atoms with Crippen molar-refractivity contribution in [1.29, 1.82) is 0 Å². The highest BCUT2D eigenvalue weighted by molar-refractivity contribution is 7.99. The van der Waals surface area contributed by atoms with Crippen LogP contribution in [0.3, 0.4) is 0 Å². The second-order valence-corrected chi connectivity index (χ2v) is 9.35. The van der Waals surface area contributed by atoms with E-state index >= 15 is 0 Å². The maximum Gasteiger partial charge on any atom is 0.309 e. The summed E-state index contributed by atoms with van der Waals surface area (Å²) in [6.07, 6.45) is 0.0209. The Kier molecular flexibility index (Phi) is 6.11. The zero-order chi connectivity index (χ0) is 21.3. The number of halogens is 2. The van der Waals surface area contributed by atoms with Crippen molar-refractivity contribution in [1.82, 2.24) is 9.97 Å². The van der Waals surface area contributed by atoms with Crippen LogP contribution in [0.1, 0.15) is 19.8 Å². The third-order valence-electron chi connectivity index (χ3n) is 4.85. The summed E-state index contributed by atoms with van der Waals surface area (Å²) in [4.78, 5) is 19.9. The lowest BCUT2D eigenvalue weighted by molar-refractivity contribution is -0.165. The molecule has 3 aromatic rings. The van der Waals surface area contributed by atoms with Crippen LogP contribution in [-0.4, -0.2) is 38.5 Å². The standard InChI is InChI=1S/C22H20Cl2N2O3S/c1-22(28)10-13(29-18(27)11-22)12-30-21-25-19(14-6-2-4-8-16(14)23)20(26-21)15-7-3-5-9-17(15)24/h2-9,13,28H,10-12H2,1H3,(H,25,26)/t13-,22-/m0/s1. The van der Waals surface area contributed by atoms with Crippen molar-refractivity contribution in [2.45, 2.75) is 36.6 Å². The molecule has 0 saturated carbocycles. The number of cyclic esters (lactones) is 1. The molecule has 1 aromatic heterocycles. The van der Waals surface area contributed by atoms with Gasteiger partial charge in [0.25, 0.3) is 0 Å². The summed E-state index contributed by atoms with van der Waals surface area (Å²) in [5.41, 5.74) is 2.03. The Labute approximate surface area is 188 Å². The molecule has 4 rings (SSSR count). The number of nitrogens with zero attached hydrogens (tertiary/aromatic N) is 1. The highest BCUT2D eigenvalue weighted by Gasteiger charge is 2.36. The highest BCUT2D eigenvalue weighted by Crippen LogP contribution is 2.39. The molecule has 2 heterocycles. The van der Waals surface area contributed by atoms with E-state index in [4.69, 9.17) is 32.9 Å². The summed E-state index contributed by atoms with van der Waals surface area (Å²) >= 11 is 14.3. The topological polar surface area (TPSA) is 75.2 Å². The van der Waals surface area contributed by atoms with Gasteiger partial charge in [-0.1, -0.05) is 71.4 Å². The van der Waals surface area contributed by atoms with Gasteiger partial charge in [-0.25, -0.2) is 4.98 Å². The number of hydrogen-bond donors (Lipinski definition) is 2. The maximum atomic E-state index is 11.8. The Morgan fingerprint density at radius 2 is 1.80 bits per heavy atom. The predicted molar refractivity (Wildman–Crippen MR) is 120 cm³/mol. The minimum Gasteiger partial charge on any atom is -0.461 e. The third kappa shape index (κ3) is 4.67. The summed E-state index contributed by atoms with van der Waals surface area (Å²) < 4.78 is 5.38. The first-order valence-corrected chi connectivity index (χ1v) is 11.2. The van der Waals surface area contributed by atoms with Crippen molar-refractivity contribution < 1.29 is 14.6 Å². The quantitative estimate of drug-likeness (QED) is 0.381. The number of esters is 1. The van der Waals surface area contributed by atoms with Crippen LogP contribution in [0.25, 0.3) is 22.5 Å². The van der Waals surface area contributed by atoms with Crippen LogP contribution in [0.15, 0.2) is 53.7 Å². The van der Waals surface area contributed by atoms with Gasteiger partial charge in [0.05, 0.1) is 28.4 Å². The van der Waals surface area contributed by atoms with E-state index in [2.05, 4.69) is 4.98 Å². The van der Waals surface area contributed by atoms with E-state index in [1.807, 2.05) is 48.5 Å². The van der Waals surface area contributed by atoms with E-state index in [-0.39, 0.29) is 18.5 Å². The third-order valence-corrected chi connectivity index (χ3v) is 6.52. The second kappa shape index (κ2) is 8.63. The fraction of sp³-hybridized carbons (Fsp3) is 0.273. The van der Waals surface area contributed by atoms with Crippen LogP contribution in [0.2, 0.25) is 10.0 Å². The molecule has 8 heteroatoms. The number of aromatic nitrogens is 2. The lowest BCUT2D eigenvalue weighted by atomic mass is 9.93. The van der Waals surface area contributed by atoms with Crippen molar-refractivity contribution in [3.63, 3.8) is 0 Å². The number of H-pyrrole nitrogens is 1. The van der Waals surface area contributed by atoms with Crippen LogP contribution >= 0.6 is 35.0 Å². The molecule has 0 spiro atoms. The fourth-order valence-electron chi connectivity index (χ4n) is 3.53. The molecule has 1 saturated heterocycles. The molecule has 30 heavy (non-hydrogen) atoms. The van der Waals surface area contributed by atoms with E-state index in [0.29, 0.717) is 33.1 Å². The van der Waals surface area contributed by atoms with Crippen molar-refractivity contribution in [2.24, 2.45) is 0 Å². The Bertz CT molecular complexity index is 1020. The van der Waals surface area contributed by atoms with Gasteiger partial charge < -0.3 is 14.8 Å². The Balaban J connectivity index is 1.65. The molecule has 0 aliphatic carbocycles. The molecule has 156 valence electrons. The number of benzene rings is 2. The Morgan fingerprint density at radius 1 is 1.17 bits per heavy atom. The average Bonchev–Trinajstić information content (AvgIpc) is 3.09. The van der Waals surface area contributed by atoms with Gasteiger partial charge in [-0.2, -0.15) is 0 Å². The molecular weight excluding hydrogens is 443 g/mol. The van der Waals surface area contributed by atoms with Crippen molar-refractivity contribution in [3.8, 4) is 22.5 Å². The van der Waals surface area contributed by atoms with Gasteiger partial charge in [-0.05, 0) is 19.1 Å². The zero-order valence-corrected chi connectivity index (χ0v) is 18.5. The van der Waals surface area contributed by atoms with Crippen LogP contribution in [0.4, 0.5) is 0 Å². The normalized spacial score (nSPS) is 21.5. The number of hydrogen-bond acceptors (Lipinski definition) is 5. The lowest BCUT2D eigenvalue weighted by Gasteiger charge is -2.32. The lowest BCUT2D eigenvalue weighted by Crippen LogP contribution is -2.41. The van der Waals surface area contributed by atoms with Crippen molar-refractivity contribution in [3.05, 3.63) is 58.6 Å². The van der Waals surface area contributed by atoms with Gasteiger partial charge in [0, 0.05) is 28.3 Å². The molecule has 5 nitrogen and oxygen atoms in total. The SMILES string of the molecule is C[C@@]1(O)CC(=O)O[C@H](CSc2nc(-c3ccccc3Cl)c(-c3ccccc3Cl)[nH]2)C1. The number of aliphatic hydroxyl groups is 1. The summed E-state index contributed by atoms with van der Waals surface area (Å²) in [6, 6.07) is 15.0. The molecule has 1 aliphatic rings. The second-order valence-electron chi connectivity index (χ2n) is 7.53. The van der Waals surface area contributed by atoms with Gasteiger partial charge in [-0.3, -0.25) is 4.79 Å². The number of carbonyl (C=O) groups is 1. The summed E-state index contributed by atoms with van der Waals surface area (Å²) in [6.45, 7) is 1.66. The first-order valence-electron chi connectivity index (χ1n) is 9.47. The van der Waals surface area contributed by atoms with Crippen LogP contribution in [-0.2, 0) is 9.53 Å².